The van der Waals surface area contributed by atoms with E-state index in [1.54, 1.807) is 7.11 Å². The molecule has 1 saturated heterocycles. The van der Waals surface area contributed by atoms with Crippen molar-refractivity contribution in [1.82, 2.24) is 5.32 Å². The molecule has 1 aliphatic heterocycles. The average Bonchev–Trinajstić information content (AvgIpc) is 2.38. The lowest BCUT2D eigenvalue weighted by molar-refractivity contribution is -0.0802. The second kappa shape index (κ2) is 6.55. The van der Waals surface area contributed by atoms with Gasteiger partial charge in [0.25, 0.3) is 0 Å². The largest absolute Gasteiger partial charge is 0.381 e. The van der Waals surface area contributed by atoms with Crippen molar-refractivity contribution in [3.63, 3.8) is 0 Å². The van der Waals surface area contributed by atoms with Gasteiger partial charge in [0.05, 0.1) is 31.5 Å². The molecule has 1 N–H and O–H groups in total. The molecule has 1 heterocycles. The highest BCUT2D eigenvalue weighted by Crippen LogP contribution is 2.23. The molecule has 0 bridgehead atoms. The first kappa shape index (κ1) is 12.3. The van der Waals surface area contributed by atoms with Gasteiger partial charge in [-0.3, -0.25) is 0 Å². The van der Waals surface area contributed by atoms with E-state index in [-0.39, 0.29) is 6.10 Å². The van der Waals surface area contributed by atoms with E-state index in [4.69, 9.17) is 14.2 Å². The van der Waals surface area contributed by atoms with Crippen molar-refractivity contribution in [2.45, 2.75) is 44.0 Å². The molecular formula is C12H23NO3. The minimum atomic E-state index is 0.233. The van der Waals surface area contributed by atoms with Crippen molar-refractivity contribution >= 4 is 0 Å². The predicted octanol–water partition coefficient (Wildman–Crippen LogP) is 0.949. The molecule has 0 aromatic heterocycles. The number of ether oxygens (including phenoxy) is 3. The van der Waals surface area contributed by atoms with Crippen LogP contribution in [0.3, 0.4) is 0 Å². The Morgan fingerprint density at radius 1 is 1.31 bits per heavy atom. The summed E-state index contributed by atoms with van der Waals surface area (Å²) >= 11 is 0. The van der Waals surface area contributed by atoms with Crippen LogP contribution in [0, 0.1) is 0 Å². The van der Waals surface area contributed by atoms with Gasteiger partial charge in [0.15, 0.2) is 0 Å². The van der Waals surface area contributed by atoms with Crippen molar-refractivity contribution in [3.8, 4) is 0 Å². The minimum absolute atomic E-state index is 0.233. The van der Waals surface area contributed by atoms with E-state index in [1.165, 1.54) is 19.3 Å². The highest BCUT2D eigenvalue weighted by atomic mass is 16.5. The second-order valence-corrected chi connectivity index (χ2v) is 4.68. The fraction of sp³-hybridized carbons (Fsp3) is 1.00. The molecule has 0 amide bonds. The lowest BCUT2D eigenvalue weighted by Crippen LogP contribution is -2.42. The zero-order valence-electron chi connectivity index (χ0n) is 10.1. The van der Waals surface area contributed by atoms with Crippen LogP contribution in [0.25, 0.3) is 0 Å². The summed E-state index contributed by atoms with van der Waals surface area (Å²) in [5.74, 6) is 0. The van der Waals surface area contributed by atoms with Crippen LogP contribution in [0.2, 0.25) is 0 Å². The van der Waals surface area contributed by atoms with E-state index < -0.39 is 0 Å². The molecule has 0 aromatic rings. The average molecular weight is 229 g/mol. The molecule has 94 valence electrons. The Labute approximate surface area is 97.6 Å². The fourth-order valence-electron chi connectivity index (χ4n) is 2.44. The van der Waals surface area contributed by atoms with Crippen LogP contribution in [0.15, 0.2) is 0 Å². The summed E-state index contributed by atoms with van der Waals surface area (Å²) in [5.41, 5.74) is 0. The van der Waals surface area contributed by atoms with Crippen molar-refractivity contribution in [2.75, 3.05) is 33.4 Å². The number of hydrogen-bond donors (Lipinski definition) is 1. The molecular weight excluding hydrogens is 206 g/mol. The standard InChI is InChI=1S/C12H23NO3/c1-14-10-3-2-4-11(7-10)16-9-12-8-13-5-6-15-12/h10-13H,2-9H2,1H3/t10-,11-,12+/m1/s1. The van der Waals surface area contributed by atoms with Gasteiger partial charge in [0.1, 0.15) is 0 Å². The number of methoxy groups -OCH3 is 1. The third-order valence-electron chi connectivity index (χ3n) is 3.43. The molecule has 16 heavy (non-hydrogen) atoms. The Balaban J connectivity index is 1.64. The summed E-state index contributed by atoms with van der Waals surface area (Å²) in [6.45, 7) is 3.40. The third kappa shape index (κ3) is 3.70. The predicted molar refractivity (Wildman–Crippen MR) is 61.6 cm³/mol. The summed E-state index contributed by atoms with van der Waals surface area (Å²) in [5, 5.41) is 3.31. The molecule has 2 rings (SSSR count). The summed E-state index contributed by atoms with van der Waals surface area (Å²) < 4.78 is 16.9. The van der Waals surface area contributed by atoms with Crippen LogP contribution >= 0.6 is 0 Å². The molecule has 0 radical (unpaired) electrons. The highest BCUT2D eigenvalue weighted by Gasteiger charge is 2.23. The molecule has 1 aliphatic carbocycles. The summed E-state index contributed by atoms with van der Waals surface area (Å²) in [6.07, 6.45) is 5.59. The van der Waals surface area contributed by atoms with Crippen LogP contribution in [-0.4, -0.2) is 51.7 Å². The summed E-state index contributed by atoms with van der Waals surface area (Å²) in [6, 6.07) is 0. The van der Waals surface area contributed by atoms with E-state index in [0.717, 1.165) is 26.1 Å². The summed E-state index contributed by atoms with van der Waals surface area (Å²) in [7, 11) is 1.79. The van der Waals surface area contributed by atoms with Crippen molar-refractivity contribution in [2.24, 2.45) is 0 Å². The number of nitrogens with one attached hydrogen (secondary N) is 1. The Bertz CT molecular complexity index is 195. The Morgan fingerprint density at radius 3 is 2.94 bits per heavy atom. The smallest absolute Gasteiger partial charge is 0.0933 e. The van der Waals surface area contributed by atoms with Gasteiger partial charge in [0.2, 0.25) is 0 Å². The highest BCUT2D eigenvalue weighted by molar-refractivity contribution is 4.75. The first-order chi connectivity index (χ1) is 7.88. The number of morpholine rings is 1. The van der Waals surface area contributed by atoms with E-state index in [1.807, 2.05) is 0 Å². The first-order valence-corrected chi connectivity index (χ1v) is 6.35. The van der Waals surface area contributed by atoms with E-state index in [0.29, 0.717) is 18.8 Å². The topological polar surface area (TPSA) is 39.7 Å². The van der Waals surface area contributed by atoms with Crippen LogP contribution in [-0.2, 0) is 14.2 Å². The van der Waals surface area contributed by atoms with Gasteiger partial charge in [-0.1, -0.05) is 0 Å². The van der Waals surface area contributed by atoms with Gasteiger partial charge in [-0.15, -0.1) is 0 Å². The fourth-order valence-corrected chi connectivity index (χ4v) is 2.44. The van der Waals surface area contributed by atoms with Crippen LogP contribution in [0.4, 0.5) is 0 Å². The molecule has 2 fully saturated rings. The minimum Gasteiger partial charge on any atom is -0.381 e. The molecule has 4 heteroatoms. The Morgan fingerprint density at radius 2 is 2.19 bits per heavy atom. The Kier molecular flexibility index (Phi) is 5.03. The number of rotatable bonds is 4. The molecule has 0 unspecified atom stereocenters. The first-order valence-electron chi connectivity index (χ1n) is 6.35. The monoisotopic (exact) mass is 229 g/mol. The van der Waals surface area contributed by atoms with Gasteiger partial charge >= 0.3 is 0 Å². The summed E-state index contributed by atoms with van der Waals surface area (Å²) in [4.78, 5) is 0. The van der Waals surface area contributed by atoms with Crippen molar-refractivity contribution in [3.05, 3.63) is 0 Å². The molecule has 0 aromatic carbocycles. The quantitative estimate of drug-likeness (QED) is 0.779. The zero-order valence-corrected chi connectivity index (χ0v) is 10.1. The maximum absolute atomic E-state index is 5.91. The lowest BCUT2D eigenvalue weighted by Gasteiger charge is -2.30. The van der Waals surface area contributed by atoms with Gasteiger partial charge in [-0.25, -0.2) is 0 Å². The maximum atomic E-state index is 5.91. The number of hydrogen-bond acceptors (Lipinski definition) is 4. The molecule has 2 aliphatic rings. The van der Waals surface area contributed by atoms with Crippen LogP contribution in [0.5, 0.6) is 0 Å². The van der Waals surface area contributed by atoms with Crippen molar-refractivity contribution in [1.29, 1.82) is 0 Å². The third-order valence-corrected chi connectivity index (χ3v) is 3.43. The normalized spacial score (nSPS) is 36.2. The van der Waals surface area contributed by atoms with Gasteiger partial charge in [-0.05, 0) is 25.7 Å². The van der Waals surface area contributed by atoms with E-state index in [9.17, 15) is 0 Å². The van der Waals surface area contributed by atoms with E-state index in [2.05, 4.69) is 5.32 Å². The van der Waals surface area contributed by atoms with Gasteiger partial charge < -0.3 is 19.5 Å². The SMILES string of the molecule is CO[C@@H]1CCC[C@@H](OC[C@@H]2CNCCO2)C1. The molecule has 3 atom stereocenters. The lowest BCUT2D eigenvalue weighted by atomic mass is 9.95. The molecule has 4 nitrogen and oxygen atoms in total. The molecule has 1 saturated carbocycles. The van der Waals surface area contributed by atoms with Gasteiger partial charge in [0, 0.05) is 20.2 Å². The molecule has 0 spiro atoms. The van der Waals surface area contributed by atoms with E-state index >= 15 is 0 Å². The maximum Gasteiger partial charge on any atom is 0.0933 e. The van der Waals surface area contributed by atoms with Crippen LogP contribution in [0.1, 0.15) is 25.7 Å². The Hall–Kier alpha value is -0.160. The van der Waals surface area contributed by atoms with Crippen LogP contribution < -0.4 is 5.32 Å². The van der Waals surface area contributed by atoms with Gasteiger partial charge in [-0.2, -0.15) is 0 Å². The second-order valence-electron chi connectivity index (χ2n) is 4.68. The van der Waals surface area contributed by atoms with Crippen molar-refractivity contribution < 1.29 is 14.2 Å². The zero-order chi connectivity index (χ0) is 11.2.